The fraction of sp³-hybridized carbons (Fsp3) is 0.205. The number of carbonyl (C=O) groups excluding carboxylic acids is 2. The van der Waals surface area contributed by atoms with Crippen LogP contribution in [0, 0.1) is 19.8 Å². The number of ketones is 1. The molecule has 7 rings (SSSR count). The van der Waals surface area contributed by atoms with Crippen molar-refractivity contribution in [2.75, 3.05) is 0 Å². The van der Waals surface area contributed by atoms with Crippen LogP contribution >= 0.6 is 11.6 Å². The second kappa shape index (κ2) is 11.8. The van der Waals surface area contributed by atoms with Crippen molar-refractivity contribution in [1.82, 2.24) is 14.0 Å². The van der Waals surface area contributed by atoms with Gasteiger partial charge in [-0.15, -0.1) is 0 Å². The van der Waals surface area contributed by atoms with Crippen LogP contribution in [0.1, 0.15) is 69.1 Å². The lowest BCUT2D eigenvalue weighted by Gasteiger charge is -2.38. The van der Waals surface area contributed by atoms with E-state index < -0.39 is 23.5 Å². The van der Waals surface area contributed by atoms with E-state index in [1.54, 1.807) is 6.07 Å². The molecule has 0 bridgehead atoms. The number of pyridine rings is 1. The van der Waals surface area contributed by atoms with Crippen molar-refractivity contribution in [3.05, 3.63) is 166 Å². The molecule has 0 saturated heterocycles. The number of Topliss-reactive ketones (excluding diaryl/α,β-unsaturated/α-hetero) is 1. The molecule has 6 aromatic rings. The summed E-state index contributed by atoms with van der Waals surface area (Å²) in [5, 5.41) is 0.618. The highest BCUT2D eigenvalue weighted by molar-refractivity contribution is 6.31. The van der Waals surface area contributed by atoms with Gasteiger partial charge in [0.25, 0.3) is 0 Å². The Hall–Kier alpha value is -4.94. The number of aryl methyl sites for hydroxylation is 1. The molecule has 0 saturated carbocycles. The predicted molar refractivity (Wildman–Crippen MR) is 179 cm³/mol. The Morgan fingerprint density at radius 3 is 2.02 bits per heavy atom. The van der Waals surface area contributed by atoms with Crippen LogP contribution in [-0.2, 0) is 21.5 Å². The molecular formula is C39H34ClN3O3. The Labute approximate surface area is 273 Å². The number of hydrogen-bond donors (Lipinski definition) is 0. The fourth-order valence-corrected chi connectivity index (χ4v) is 7.57. The van der Waals surface area contributed by atoms with E-state index in [1.807, 2.05) is 91.4 Å². The molecule has 6 nitrogen and oxygen atoms in total. The SMILES string of the molecule is CC(=O)OC(c1ncn(C(c2ccccc2)(c2ccccc2)c2ccccc2)c1C)C1CCc2c(C)c3cc(Cl)ccn3c2C1=O. The van der Waals surface area contributed by atoms with Gasteiger partial charge < -0.3 is 13.7 Å². The summed E-state index contributed by atoms with van der Waals surface area (Å²) in [5.41, 5.74) is 7.35. The highest BCUT2D eigenvalue weighted by Gasteiger charge is 2.44. The molecule has 0 aliphatic heterocycles. The number of esters is 1. The molecule has 46 heavy (non-hydrogen) atoms. The minimum absolute atomic E-state index is 0.0627. The monoisotopic (exact) mass is 627 g/mol. The minimum Gasteiger partial charge on any atom is -0.455 e. The van der Waals surface area contributed by atoms with Gasteiger partial charge in [0.1, 0.15) is 11.2 Å². The van der Waals surface area contributed by atoms with Crippen molar-refractivity contribution >= 4 is 28.9 Å². The topological polar surface area (TPSA) is 65.6 Å². The number of fused-ring (bicyclic) bond motifs is 3. The van der Waals surface area contributed by atoms with Crippen LogP contribution < -0.4 is 0 Å². The van der Waals surface area contributed by atoms with E-state index in [4.69, 9.17) is 21.3 Å². The number of carbonyl (C=O) groups is 2. The van der Waals surface area contributed by atoms with Gasteiger partial charge >= 0.3 is 5.97 Å². The van der Waals surface area contributed by atoms with Crippen LogP contribution in [0.4, 0.5) is 0 Å². The summed E-state index contributed by atoms with van der Waals surface area (Å²) in [7, 11) is 0. The number of halogens is 1. The maximum atomic E-state index is 14.4. The van der Waals surface area contributed by atoms with Gasteiger partial charge in [-0.3, -0.25) is 9.59 Å². The fourth-order valence-electron chi connectivity index (χ4n) is 7.41. The molecule has 2 atom stereocenters. The van der Waals surface area contributed by atoms with E-state index in [-0.39, 0.29) is 5.78 Å². The molecule has 7 heteroatoms. The Balaban J connectivity index is 1.42. The third-order valence-corrected chi connectivity index (χ3v) is 9.70. The maximum absolute atomic E-state index is 14.4. The summed E-state index contributed by atoms with van der Waals surface area (Å²) in [6.45, 7) is 5.42. The van der Waals surface area contributed by atoms with Crippen molar-refractivity contribution in [2.24, 2.45) is 5.92 Å². The first kappa shape index (κ1) is 29.8. The number of benzene rings is 3. The molecule has 3 heterocycles. The van der Waals surface area contributed by atoms with Gasteiger partial charge in [0.05, 0.1) is 23.5 Å². The lowest BCUT2D eigenvalue weighted by Crippen LogP contribution is -2.38. The van der Waals surface area contributed by atoms with Gasteiger partial charge in [-0.05, 0) is 66.6 Å². The number of rotatable bonds is 7. The van der Waals surface area contributed by atoms with Gasteiger partial charge in [-0.1, -0.05) is 103 Å². The first-order valence-electron chi connectivity index (χ1n) is 15.5. The van der Waals surface area contributed by atoms with E-state index >= 15 is 0 Å². The second-order valence-corrected chi connectivity index (χ2v) is 12.4. The summed E-state index contributed by atoms with van der Waals surface area (Å²) in [4.78, 5) is 32.1. The largest absolute Gasteiger partial charge is 0.455 e. The highest BCUT2D eigenvalue weighted by Crippen LogP contribution is 2.45. The van der Waals surface area contributed by atoms with Crippen molar-refractivity contribution in [3.8, 4) is 0 Å². The summed E-state index contributed by atoms with van der Waals surface area (Å²) >= 11 is 6.33. The molecule has 2 unspecified atom stereocenters. The second-order valence-electron chi connectivity index (χ2n) is 12.0. The van der Waals surface area contributed by atoms with Gasteiger partial charge in [0.15, 0.2) is 11.9 Å². The van der Waals surface area contributed by atoms with Crippen molar-refractivity contribution in [3.63, 3.8) is 0 Å². The molecule has 0 fully saturated rings. The van der Waals surface area contributed by atoms with E-state index in [0.29, 0.717) is 29.3 Å². The van der Waals surface area contributed by atoms with Crippen LogP contribution in [0.2, 0.25) is 5.02 Å². The van der Waals surface area contributed by atoms with Crippen molar-refractivity contribution in [2.45, 2.75) is 45.3 Å². The Morgan fingerprint density at radius 2 is 1.48 bits per heavy atom. The standard InChI is InChI=1S/C39H34ClN3O3/c1-25-32-19-20-33(37(45)36(32)42-22-21-31(40)23-34(25)42)38(46-27(3)44)35-26(2)43(24-41-35)39(28-13-7-4-8-14-28,29-15-9-5-10-16-29)30-17-11-6-12-18-30/h4-18,21-24,33,38H,19-20H2,1-3H3. The van der Waals surface area contributed by atoms with Crippen molar-refractivity contribution in [1.29, 1.82) is 0 Å². The zero-order valence-corrected chi connectivity index (χ0v) is 26.7. The van der Waals surface area contributed by atoms with E-state index in [1.165, 1.54) is 6.92 Å². The smallest absolute Gasteiger partial charge is 0.303 e. The van der Waals surface area contributed by atoms with E-state index in [9.17, 15) is 9.59 Å². The Bertz CT molecular complexity index is 1970. The first-order valence-corrected chi connectivity index (χ1v) is 15.9. The molecular weight excluding hydrogens is 594 g/mol. The normalized spacial score (nSPS) is 15.5. The van der Waals surface area contributed by atoms with Crippen molar-refractivity contribution < 1.29 is 14.3 Å². The molecule has 0 N–H and O–H groups in total. The van der Waals surface area contributed by atoms with Crippen LogP contribution in [-0.4, -0.2) is 25.7 Å². The number of imidazole rings is 1. The van der Waals surface area contributed by atoms with Gasteiger partial charge in [-0.25, -0.2) is 4.98 Å². The van der Waals surface area contributed by atoms with Gasteiger partial charge in [0, 0.05) is 23.8 Å². The molecule has 3 aromatic heterocycles. The van der Waals surface area contributed by atoms with Crippen LogP contribution in [0.25, 0.3) is 5.52 Å². The summed E-state index contributed by atoms with van der Waals surface area (Å²) < 4.78 is 10.1. The summed E-state index contributed by atoms with van der Waals surface area (Å²) in [6.07, 6.45) is 4.01. The molecule has 1 aliphatic rings. The van der Waals surface area contributed by atoms with Crippen LogP contribution in [0.3, 0.4) is 0 Å². The lowest BCUT2D eigenvalue weighted by molar-refractivity contribution is -0.149. The van der Waals surface area contributed by atoms with Crippen LogP contribution in [0.5, 0.6) is 0 Å². The zero-order chi connectivity index (χ0) is 32.0. The van der Waals surface area contributed by atoms with E-state index in [2.05, 4.69) is 41.0 Å². The number of nitrogens with zero attached hydrogens (tertiary/aromatic N) is 3. The average Bonchev–Trinajstić information content (AvgIpc) is 3.59. The predicted octanol–water partition coefficient (Wildman–Crippen LogP) is 8.30. The van der Waals surface area contributed by atoms with E-state index in [0.717, 1.165) is 39.0 Å². The minimum atomic E-state index is -0.863. The number of ether oxygens (including phenoxy) is 1. The summed E-state index contributed by atoms with van der Waals surface area (Å²) in [5.74, 6) is -1.13. The molecule has 0 radical (unpaired) electrons. The maximum Gasteiger partial charge on any atom is 0.303 e. The Morgan fingerprint density at radius 1 is 0.913 bits per heavy atom. The average molecular weight is 628 g/mol. The van der Waals surface area contributed by atoms with Gasteiger partial charge in [-0.2, -0.15) is 0 Å². The molecule has 1 aliphatic carbocycles. The molecule has 3 aromatic carbocycles. The third-order valence-electron chi connectivity index (χ3n) is 9.46. The molecule has 0 amide bonds. The van der Waals surface area contributed by atoms with Gasteiger partial charge in [0.2, 0.25) is 0 Å². The number of aromatic nitrogens is 3. The zero-order valence-electron chi connectivity index (χ0n) is 26.0. The summed E-state index contributed by atoms with van der Waals surface area (Å²) in [6, 6.07) is 34.7. The highest BCUT2D eigenvalue weighted by atomic mass is 35.5. The number of hydrogen-bond acceptors (Lipinski definition) is 4. The lowest BCUT2D eigenvalue weighted by atomic mass is 9.76. The first-order chi connectivity index (χ1) is 22.3. The molecule has 0 spiro atoms. The van der Waals surface area contributed by atoms with Crippen LogP contribution in [0.15, 0.2) is 116 Å². The molecule has 230 valence electrons. The third kappa shape index (κ3) is 4.67. The Kier molecular flexibility index (Phi) is 7.61. The quantitative estimate of drug-likeness (QED) is 0.132.